The summed E-state index contributed by atoms with van der Waals surface area (Å²) in [6.45, 7) is 5.47. The van der Waals surface area contributed by atoms with Crippen LogP contribution < -0.4 is 21.1 Å². The van der Waals surface area contributed by atoms with E-state index in [0.29, 0.717) is 43.8 Å². The van der Waals surface area contributed by atoms with Crippen LogP contribution in [0.4, 0.5) is 11.8 Å². The molecule has 1 amide bonds. The molecule has 0 aliphatic carbocycles. The Morgan fingerprint density at radius 2 is 2.15 bits per heavy atom. The Bertz CT molecular complexity index is 1270. The molecule has 0 bridgehead atoms. The first-order chi connectivity index (χ1) is 19.3. The summed E-state index contributed by atoms with van der Waals surface area (Å²) in [7, 11) is 5.62. The van der Waals surface area contributed by atoms with Crippen molar-refractivity contribution in [3.05, 3.63) is 35.5 Å². The van der Waals surface area contributed by atoms with Crippen LogP contribution in [0.3, 0.4) is 0 Å². The summed E-state index contributed by atoms with van der Waals surface area (Å²) in [5.74, 6) is 1.70. The molecule has 2 aromatic heterocycles. The Hall–Kier alpha value is -3.48. The second-order valence-corrected chi connectivity index (χ2v) is 10.6. The van der Waals surface area contributed by atoms with E-state index in [0.717, 1.165) is 48.3 Å². The van der Waals surface area contributed by atoms with Gasteiger partial charge in [0.05, 0.1) is 25.9 Å². The molecular weight excluding hydrogens is 510 g/mol. The van der Waals surface area contributed by atoms with Crippen molar-refractivity contribution in [3.8, 4) is 5.75 Å². The van der Waals surface area contributed by atoms with Crippen LogP contribution in [-0.4, -0.2) is 101 Å². The van der Waals surface area contributed by atoms with E-state index < -0.39 is 0 Å². The number of aliphatic hydroxyl groups excluding tert-OH is 1. The third kappa shape index (κ3) is 7.18. The minimum Gasteiger partial charge on any atom is -0.496 e. The highest BCUT2D eigenvalue weighted by molar-refractivity contribution is 5.86. The van der Waals surface area contributed by atoms with Gasteiger partial charge in [0.15, 0.2) is 5.82 Å². The topological polar surface area (TPSA) is 147 Å². The first-order valence-electron chi connectivity index (χ1n) is 14.0. The number of nitrogen functional groups attached to an aromatic ring is 1. The lowest BCUT2D eigenvalue weighted by atomic mass is 10.0. The third-order valence-electron chi connectivity index (χ3n) is 7.30. The number of hydrogen-bond acceptors (Lipinski definition) is 10. The fraction of sp³-hybridized carbons (Fsp3) is 0.571. The number of piperazine rings is 1. The molecule has 12 heteroatoms. The highest BCUT2D eigenvalue weighted by Gasteiger charge is 2.25. The second-order valence-electron chi connectivity index (χ2n) is 10.6. The summed E-state index contributed by atoms with van der Waals surface area (Å²) < 4.78 is 7.65. The zero-order valence-electron chi connectivity index (χ0n) is 24.1. The highest BCUT2D eigenvalue weighted by Crippen LogP contribution is 2.29. The van der Waals surface area contributed by atoms with Crippen molar-refractivity contribution >= 4 is 28.7 Å². The monoisotopic (exact) mass is 553 g/mol. The van der Waals surface area contributed by atoms with E-state index in [-0.39, 0.29) is 30.5 Å². The second kappa shape index (κ2) is 13.7. The molecule has 0 radical (unpaired) electrons. The largest absolute Gasteiger partial charge is 0.496 e. The van der Waals surface area contributed by atoms with Crippen LogP contribution in [0.15, 0.2) is 24.4 Å². The zero-order valence-corrected chi connectivity index (χ0v) is 24.1. The van der Waals surface area contributed by atoms with Crippen molar-refractivity contribution in [1.29, 1.82) is 0 Å². The summed E-state index contributed by atoms with van der Waals surface area (Å²) >= 11 is 0. The minimum atomic E-state index is 0.0275. The summed E-state index contributed by atoms with van der Waals surface area (Å²) in [4.78, 5) is 25.6. The van der Waals surface area contributed by atoms with E-state index in [9.17, 15) is 9.90 Å². The van der Waals surface area contributed by atoms with E-state index in [1.165, 1.54) is 0 Å². The van der Waals surface area contributed by atoms with Gasteiger partial charge >= 0.3 is 0 Å². The van der Waals surface area contributed by atoms with Gasteiger partial charge in [0.25, 0.3) is 0 Å². The van der Waals surface area contributed by atoms with E-state index in [1.54, 1.807) is 13.3 Å². The molecule has 2 atom stereocenters. The molecule has 1 unspecified atom stereocenters. The molecular formula is C28H43N9O3. The van der Waals surface area contributed by atoms with E-state index >= 15 is 0 Å². The first kappa shape index (κ1) is 29.5. The summed E-state index contributed by atoms with van der Waals surface area (Å²) in [6.07, 6.45) is 4.68. The van der Waals surface area contributed by atoms with Crippen molar-refractivity contribution in [1.82, 2.24) is 34.9 Å². The Morgan fingerprint density at radius 1 is 1.32 bits per heavy atom. The number of hydrogen-bond donors (Lipinski definition) is 4. The predicted molar refractivity (Wildman–Crippen MR) is 156 cm³/mol. The molecule has 3 aromatic rings. The fourth-order valence-electron chi connectivity index (χ4n) is 5.17. The maximum Gasteiger partial charge on any atom is 0.223 e. The van der Waals surface area contributed by atoms with Crippen LogP contribution in [-0.2, 0) is 11.3 Å². The maximum absolute atomic E-state index is 12.7. The fourth-order valence-corrected chi connectivity index (χ4v) is 5.17. The van der Waals surface area contributed by atoms with Gasteiger partial charge in [-0.1, -0.05) is 25.5 Å². The molecule has 1 fully saturated rings. The van der Waals surface area contributed by atoms with Gasteiger partial charge in [-0.2, -0.15) is 10.1 Å². The Labute approximate surface area is 235 Å². The number of ether oxygens (including phenoxy) is 1. The molecule has 4 rings (SSSR count). The molecule has 218 valence electrons. The standard InChI is InChI=1S/C28H43N9O3/c1-5-6-21(10-14-38)32-27-26-22(33-28(29)34-27)16-31-37(26)17-20-8-7-19(15-24(20)40-4)23-18-36(13-11-30-23)25(39)9-12-35(2)3/h7-8,15-16,21,23,30,38H,5-6,9-14,17-18H2,1-4H3,(H3,29,32,33,34)/t21-,23?/m0/s1. The quantitative estimate of drug-likeness (QED) is 0.247. The third-order valence-corrected chi connectivity index (χ3v) is 7.30. The molecule has 0 spiro atoms. The molecule has 1 aromatic carbocycles. The number of benzene rings is 1. The summed E-state index contributed by atoms with van der Waals surface area (Å²) in [5.41, 5.74) is 9.42. The Kier molecular flexibility index (Phi) is 10.1. The van der Waals surface area contributed by atoms with E-state index in [4.69, 9.17) is 10.5 Å². The number of aromatic nitrogens is 4. The lowest BCUT2D eigenvalue weighted by Gasteiger charge is -2.34. The van der Waals surface area contributed by atoms with Crippen LogP contribution in [0.5, 0.6) is 5.75 Å². The molecule has 3 heterocycles. The maximum atomic E-state index is 12.7. The van der Waals surface area contributed by atoms with Gasteiger partial charge in [0.2, 0.25) is 11.9 Å². The number of carbonyl (C=O) groups is 1. The Balaban J connectivity index is 1.55. The average Bonchev–Trinajstić information content (AvgIpc) is 3.34. The Morgan fingerprint density at radius 3 is 2.88 bits per heavy atom. The molecule has 1 aliphatic heterocycles. The van der Waals surface area contributed by atoms with E-state index in [1.807, 2.05) is 40.7 Å². The van der Waals surface area contributed by atoms with Crippen LogP contribution in [0.1, 0.15) is 49.8 Å². The van der Waals surface area contributed by atoms with E-state index in [2.05, 4.69) is 38.7 Å². The van der Waals surface area contributed by atoms with Crippen LogP contribution in [0.2, 0.25) is 0 Å². The van der Waals surface area contributed by atoms with Gasteiger partial charge in [-0.3, -0.25) is 9.48 Å². The minimum absolute atomic E-state index is 0.0275. The number of aliphatic hydroxyl groups is 1. The number of fused-ring (bicyclic) bond motifs is 1. The SMILES string of the molecule is CCC[C@@H](CCO)Nc1nc(N)nc2cnn(Cc3ccc(C4CN(C(=O)CCN(C)C)CCN4)cc3OC)c12. The highest BCUT2D eigenvalue weighted by atomic mass is 16.5. The average molecular weight is 554 g/mol. The predicted octanol–water partition coefficient (Wildman–Crippen LogP) is 1.85. The van der Waals surface area contributed by atoms with Crippen molar-refractivity contribution in [3.63, 3.8) is 0 Å². The molecule has 12 nitrogen and oxygen atoms in total. The normalized spacial score (nSPS) is 16.4. The van der Waals surface area contributed by atoms with Gasteiger partial charge < -0.3 is 36.0 Å². The molecule has 40 heavy (non-hydrogen) atoms. The summed E-state index contributed by atoms with van der Waals surface area (Å²) in [5, 5.41) is 21.1. The molecule has 1 saturated heterocycles. The van der Waals surface area contributed by atoms with Gasteiger partial charge in [-0.15, -0.1) is 0 Å². The van der Waals surface area contributed by atoms with Gasteiger partial charge in [-0.05, 0) is 38.6 Å². The number of nitrogens with zero attached hydrogens (tertiary/aromatic N) is 6. The van der Waals surface area contributed by atoms with Gasteiger partial charge in [-0.25, -0.2) is 4.98 Å². The van der Waals surface area contributed by atoms with Crippen LogP contribution in [0, 0.1) is 0 Å². The lowest BCUT2D eigenvalue weighted by Crippen LogP contribution is -2.48. The number of anilines is 2. The van der Waals surface area contributed by atoms with Crippen molar-refractivity contribution < 1.29 is 14.6 Å². The number of carbonyl (C=O) groups excluding carboxylic acids is 1. The summed E-state index contributed by atoms with van der Waals surface area (Å²) in [6, 6.07) is 6.26. The molecule has 1 aliphatic rings. The van der Waals surface area contributed by atoms with Gasteiger partial charge in [0.1, 0.15) is 16.8 Å². The molecule has 0 saturated carbocycles. The number of nitrogens with one attached hydrogen (secondary N) is 2. The first-order valence-corrected chi connectivity index (χ1v) is 14.0. The number of nitrogens with two attached hydrogens (primary N) is 1. The van der Waals surface area contributed by atoms with Crippen molar-refractivity contribution in [2.45, 2.75) is 51.2 Å². The number of rotatable bonds is 13. The van der Waals surface area contributed by atoms with Crippen LogP contribution >= 0.6 is 0 Å². The van der Waals surface area contributed by atoms with Crippen molar-refractivity contribution in [2.24, 2.45) is 0 Å². The smallest absolute Gasteiger partial charge is 0.223 e. The van der Waals surface area contributed by atoms with Crippen LogP contribution in [0.25, 0.3) is 11.0 Å². The number of methoxy groups -OCH3 is 1. The molecule has 5 N–H and O–H groups in total. The van der Waals surface area contributed by atoms with Gasteiger partial charge in [0, 0.05) is 50.8 Å². The number of amides is 1. The zero-order chi connectivity index (χ0) is 28.6. The van der Waals surface area contributed by atoms with Crippen molar-refractivity contribution in [2.75, 3.05) is 65.0 Å². The lowest BCUT2D eigenvalue weighted by molar-refractivity contribution is -0.132.